The normalized spacial score (nSPS) is 12.1. The predicted octanol–water partition coefficient (Wildman–Crippen LogP) is -0.169. The highest BCUT2D eigenvalue weighted by Crippen LogP contribution is 2.17. The maximum atomic E-state index is 12.5. The van der Waals surface area contributed by atoms with Gasteiger partial charge in [-0.2, -0.15) is 13.2 Å². The Labute approximate surface area is 119 Å². The van der Waals surface area contributed by atoms with E-state index in [9.17, 15) is 22.8 Å². The van der Waals surface area contributed by atoms with Crippen molar-refractivity contribution in [3.63, 3.8) is 0 Å². The quantitative estimate of drug-likeness (QED) is 0.792. The third-order valence-corrected chi connectivity index (χ3v) is 2.95. The summed E-state index contributed by atoms with van der Waals surface area (Å²) < 4.78 is 39.6. The maximum Gasteiger partial charge on any atom is 0.401 e. The van der Waals surface area contributed by atoms with Crippen LogP contribution in [0.5, 0.6) is 0 Å². The topological polar surface area (TPSA) is 67.5 Å². The van der Waals surface area contributed by atoms with Gasteiger partial charge in [0.1, 0.15) is 0 Å². The van der Waals surface area contributed by atoms with E-state index in [-0.39, 0.29) is 31.7 Å². The Bertz CT molecular complexity index is 592. The van der Waals surface area contributed by atoms with Gasteiger partial charge in [-0.25, -0.2) is 4.79 Å². The molecule has 1 rings (SSSR count). The van der Waals surface area contributed by atoms with Gasteiger partial charge in [0.25, 0.3) is 5.56 Å². The van der Waals surface area contributed by atoms with Gasteiger partial charge in [0.05, 0.1) is 6.54 Å². The molecule has 0 saturated heterocycles. The molecule has 0 aliphatic rings. The van der Waals surface area contributed by atoms with Gasteiger partial charge in [-0.1, -0.05) is 0 Å². The lowest BCUT2D eigenvalue weighted by atomic mass is 10.2. The first kappa shape index (κ1) is 17.4. The molecule has 0 aliphatic heterocycles. The summed E-state index contributed by atoms with van der Waals surface area (Å²) in [5.41, 5.74) is -1.06. The van der Waals surface area contributed by atoms with E-state index in [0.29, 0.717) is 0 Å². The highest BCUT2D eigenvalue weighted by Gasteiger charge is 2.30. The molecule has 6 nitrogen and oxygen atoms in total. The lowest BCUT2D eigenvalue weighted by molar-refractivity contribution is -0.147. The SMILES string of the molecule is Cn1cc(CN(CCCO)CC(F)(F)F)c(=O)n(C)c1=O. The molecule has 0 aromatic carbocycles. The number of aryl methyl sites for hydroxylation is 1. The van der Waals surface area contributed by atoms with Crippen LogP contribution in [0, 0.1) is 0 Å². The second-order valence-corrected chi connectivity index (χ2v) is 4.81. The minimum absolute atomic E-state index is 0.00199. The zero-order valence-electron chi connectivity index (χ0n) is 11.9. The summed E-state index contributed by atoms with van der Waals surface area (Å²) in [6, 6.07) is 0. The summed E-state index contributed by atoms with van der Waals surface area (Å²) in [5, 5.41) is 8.74. The molecule has 0 unspecified atom stereocenters. The fraction of sp³-hybridized carbons (Fsp3) is 0.667. The molecule has 21 heavy (non-hydrogen) atoms. The van der Waals surface area contributed by atoms with E-state index in [2.05, 4.69) is 0 Å². The van der Waals surface area contributed by atoms with Crippen LogP contribution in [-0.2, 0) is 20.6 Å². The number of hydrogen-bond acceptors (Lipinski definition) is 4. The van der Waals surface area contributed by atoms with Crippen LogP contribution in [0.3, 0.4) is 0 Å². The maximum absolute atomic E-state index is 12.5. The first-order chi connectivity index (χ1) is 9.65. The first-order valence-corrected chi connectivity index (χ1v) is 6.31. The summed E-state index contributed by atoms with van der Waals surface area (Å²) in [5.74, 6) is 0. The zero-order chi connectivity index (χ0) is 16.2. The van der Waals surface area contributed by atoms with Crippen molar-refractivity contribution in [2.75, 3.05) is 19.7 Å². The molecule has 0 saturated carbocycles. The highest BCUT2D eigenvalue weighted by atomic mass is 19.4. The summed E-state index contributed by atoms with van der Waals surface area (Å²) in [6.45, 7) is -1.65. The van der Waals surface area contributed by atoms with E-state index in [1.54, 1.807) is 0 Å². The Balaban J connectivity index is 3.03. The fourth-order valence-corrected chi connectivity index (χ4v) is 1.99. The monoisotopic (exact) mass is 309 g/mol. The predicted molar refractivity (Wildman–Crippen MR) is 70.0 cm³/mol. The van der Waals surface area contributed by atoms with Crippen molar-refractivity contribution < 1.29 is 18.3 Å². The van der Waals surface area contributed by atoms with Crippen LogP contribution in [0.2, 0.25) is 0 Å². The summed E-state index contributed by atoms with van der Waals surface area (Å²) >= 11 is 0. The molecule has 9 heteroatoms. The minimum Gasteiger partial charge on any atom is -0.396 e. The molecule has 1 N–H and O–H groups in total. The van der Waals surface area contributed by atoms with E-state index in [4.69, 9.17) is 5.11 Å². The second-order valence-electron chi connectivity index (χ2n) is 4.81. The molecule has 0 fully saturated rings. The standard InChI is InChI=1S/C12H18F3N3O3/c1-16-6-9(10(20)17(2)11(16)21)7-18(4-3-5-19)8-12(13,14)15/h6,19H,3-5,7-8H2,1-2H3. The van der Waals surface area contributed by atoms with Gasteiger partial charge < -0.3 is 9.67 Å². The number of hydrogen-bond donors (Lipinski definition) is 1. The number of alkyl halides is 3. The second kappa shape index (κ2) is 6.90. The highest BCUT2D eigenvalue weighted by molar-refractivity contribution is 5.05. The number of nitrogens with zero attached hydrogens (tertiary/aromatic N) is 3. The molecule has 0 aliphatic carbocycles. The molecule has 120 valence electrons. The zero-order valence-corrected chi connectivity index (χ0v) is 11.9. The molecule has 0 radical (unpaired) electrons. The van der Waals surface area contributed by atoms with Gasteiger partial charge in [-0.3, -0.25) is 14.3 Å². The van der Waals surface area contributed by atoms with Crippen molar-refractivity contribution in [3.05, 3.63) is 32.6 Å². The number of aliphatic hydroxyl groups excluding tert-OH is 1. The van der Waals surface area contributed by atoms with Gasteiger partial charge in [0.15, 0.2) is 0 Å². The van der Waals surface area contributed by atoms with Gasteiger partial charge in [0, 0.05) is 45.6 Å². The third kappa shape index (κ3) is 5.01. The van der Waals surface area contributed by atoms with Crippen LogP contribution in [0.15, 0.2) is 15.8 Å². The van der Waals surface area contributed by atoms with Crippen molar-refractivity contribution >= 4 is 0 Å². The average Bonchev–Trinajstić information content (AvgIpc) is 2.38. The molecule has 0 spiro atoms. The Morgan fingerprint density at radius 2 is 1.90 bits per heavy atom. The van der Waals surface area contributed by atoms with E-state index in [1.165, 1.54) is 20.3 Å². The molecule has 1 heterocycles. The third-order valence-electron chi connectivity index (χ3n) is 2.95. The van der Waals surface area contributed by atoms with Gasteiger partial charge >= 0.3 is 11.9 Å². The van der Waals surface area contributed by atoms with Crippen molar-refractivity contribution in [2.45, 2.75) is 19.1 Å². The van der Waals surface area contributed by atoms with Crippen molar-refractivity contribution in [3.8, 4) is 0 Å². The van der Waals surface area contributed by atoms with Gasteiger partial charge in [0.2, 0.25) is 0 Å². The number of aromatic nitrogens is 2. The fourth-order valence-electron chi connectivity index (χ4n) is 1.99. The lowest BCUT2D eigenvalue weighted by Crippen LogP contribution is -2.41. The van der Waals surface area contributed by atoms with Crippen LogP contribution < -0.4 is 11.2 Å². The molecule has 0 bridgehead atoms. The molecule has 1 aromatic heterocycles. The van der Waals surface area contributed by atoms with E-state index >= 15 is 0 Å². The van der Waals surface area contributed by atoms with Crippen LogP contribution >= 0.6 is 0 Å². The van der Waals surface area contributed by atoms with E-state index in [0.717, 1.165) is 14.0 Å². The molecule has 1 aromatic rings. The van der Waals surface area contributed by atoms with E-state index in [1.807, 2.05) is 0 Å². The van der Waals surface area contributed by atoms with Gasteiger partial charge in [-0.05, 0) is 6.42 Å². The largest absolute Gasteiger partial charge is 0.401 e. The van der Waals surface area contributed by atoms with Crippen LogP contribution in [0.25, 0.3) is 0 Å². The molecule has 0 amide bonds. The smallest absolute Gasteiger partial charge is 0.396 e. The average molecular weight is 309 g/mol. The first-order valence-electron chi connectivity index (χ1n) is 6.31. The molecular weight excluding hydrogens is 291 g/mol. The van der Waals surface area contributed by atoms with Crippen molar-refractivity contribution in [2.24, 2.45) is 14.1 Å². The Morgan fingerprint density at radius 3 is 2.43 bits per heavy atom. The summed E-state index contributed by atoms with van der Waals surface area (Å²) in [4.78, 5) is 24.5. The summed E-state index contributed by atoms with van der Waals surface area (Å²) in [6.07, 6.45) is -2.99. The van der Waals surface area contributed by atoms with Crippen molar-refractivity contribution in [1.82, 2.24) is 14.0 Å². The number of rotatable bonds is 6. The summed E-state index contributed by atoms with van der Waals surface area (Å²) in [7, 11) is 2.70. The Kier molecular flexibility index (Phi) is 5.73. The Morgan fingerprint density at radius 1 is 1.29 bits per heavy atom. The van der Waals surface area contributed by atoms with Crippen molar-refractivity contribution in [1.29, 1.82) is 0 Å². The molecular formula is C12H18F3N3O3. The number of aliphatic hydroxyl groups is 1. The van der Waals surface area contributed by atoms with Gasteiger partial charge in [-0.15, -0.1) is 0 Å². The minimum atomic E-state index is -4.40. The van der Waals surface area contributed by atoms with Crippen LogP contribution in [-0.4, -0.2) is 45.0 Å². The molecule has 0 atom stereocenters. The van der Waals surface area contributed by atoms with Crippen LogP contribution in [0.1, 0.15) is 12.0 Å². The Hall–Kier alpha value is -1.61. The van der Waals surface area contributed by atoms with Crippen LogP contribution in [0.4, 0.5) is 13.2 Å². The lowest BCUT2D eigenvalue weighted by Gasteiger charge is -2.23. The van der Waals surface area contributed by atoms with E-state index < -0.39 is 24.0 Å². The number of halogens is 3.